The lowest BCUT2D eigenvalue weighted by atomic mass is 10.1. The number of carbonyl (C=O) groups is 1. The summed E-state index contributed by atoms with van der Waals surface area (Å²) in [6.07, 6.45) is 2.69. The van der Waals surface area contributed by atoms with Crippen LogP contribution in [0.15, 0.2) is 18.2 Å². The highest BCUT2D eigenvalue weighted by Gasteiger charge is 2.34. The van der Waals surface area contributed by atoms with Crippen molar-refractivity contribution in [2.75, 3.05) is 24.7 Å². The Bertz CT molecular complexity index is 699. The lowest BCUT2D eigenvalue weighted by Crippen LogP contribution is -2.42. The molecule has 1 unspecified atom stereocenters. The van der Waals surface area contributed by atoms with E-state index in [9.17, 15) is 13.2 Å². The van der Waals surface area contributed by atoms with E-state index in [2.05, 4.69) is 6.92 Å². The van der Waals surface area contributed by atoms with Gasteiger partial charge in [-0.05, 0) is 43.9 Å². The van der Waals surface area contributed by atoms with E-state index in [4.69, 9.17) is 4.74 Å². The van der Waals surface area contributed by atoms with Gasteiger partial charge in [0.2, 0.25) is 5.91 Å². The first kappa shape index (κ1) is 19.8. The Morgan fingerprint density at radius 3 is 2.72 bits per heavy atom. The second-order valence-electron chi connectivity index (χ2n) is 6.86. The normalized spacial score (nSPS) is 18.9. The smallest absolute Gasteiger partial charge is 0.226 e. The minimum atomic E-state index is -3.00. The summed E-state index contributed by atoms with van der Waals surface area (Å²) >= 11 is 0. The Balaban J connectivity index is 1.93. The number of carbonyl (C=O) groups excluding carboxylic acids is 1. The average Bonchev–Trinajstić information content (AvgIpc) is 2.91. The SMILES string of the molecule is CCCCN(C(=O)CCOc1cc(C)ccc1C)C1CCS(=O)(=O)C1. The Morgan fingerprint density at radius 2 is 2.08 bits per heavy atom. The number of rotatable bonds is 8. The molecule has 1 aromatic rings. The fourth-order valence-corrected chi connectivity index (χ4v) is 4.85. The molecule has 0 bridgehead atoms. The highest BCUT2D eigenvalue weighted by Crippen LogP contribution is 2.21. The van der Waals surface area contributed by atoms with Crippen molar-refractivity contribution < 1.29 is 17.9 Å². The van der Waals surface area contributed by atoms with E-state index >= 15 is 0 Å². The van der Waals surface area contributed by atoms with Crippen molar-refractivity contribution in [3.05, 3.63) is 29.3 Å². The second kappa shape index (κ2) is 8.70. The minimum absolute atomic E-state index is 0.0131. The monoisotopic (exact) mass is 367 g/mol. The van der Waals surface area contributed by atoms with Gasteiger partial charge in [0.25, 0.3) is 0 Å². The molecule has 140 valence electrons. The first-order valence-corrected chi connectivity index (χ1v) is 10.8. The average molecular weight is 368 g/mol. The number of benzene rings is 1. The molecule has 2 rings (SSSR count). The quantitative estimate of drug-likeness (QED) is 0.709. The Kier molecular flexibility index (Phi) is 6.87. The molecule has 6 heteroatoms. The zero-order valence-electron chi connectivity index (χ0n) is 15.5. The van der Waals surface area contributed by atoms with Gasteiger partial charge >= 0.3 is 0 Å². The van der Waals surface area contributed by atoms with Crippen LogP contribution in [0.4, 0.5) is 0 Å². The number of ether oxygens (including phenoxy) is 1. The molecule has 1 aromatic carbocycles. The predicted octanol–water partition coefficient (Wildman–Crippen LogP) is 2.89. The Morgan fingerprint density at radius 1 is 1.32 bits per heavy atom. The molecule has 0 spiro atoms. The van der Waals surface area contributed by atoms with Gasteiger partial charge in [0.15, 0.2) is 9.84 Å². The summed E-state index contributed by atoms with van der Waals surface area (Å²) in [6, 6.07) is 5.83. The van der Waals surface area contributed by atoms with E-state index in [0.29, 0.717) is 19.6 Å². The molecule has 1 aliphatic heterocycles. The Labute approximate surface area is 151 Å². The highest BCUT2D eigenvalue weighted by atomic mass is 32.2. The molecule has 0 radical (unpaired) electrons. The third-order valence-corrected chi connectivity index (χ3v) is 6.39. The maximum absolute atomic E-state index is 12.6. The number of amides is 1. The fraction of sp³-hybridized carbons (Fsp3) is 0.632. The highest BCUT2D eigenvalue weighted by molar-refractivity contribution is 7.91. The van der Waals surface area contributed by atoms with Gasteiger partial charge in [-0.25, -0.2) is 8.42 Å². The molecule has 1 aliphatic rings. The summed E-state index contributed by atoms with van der Waals surface area (Å²) in [5, 5.41) is 0. The zero-order valence-corrected chi connectivity index (χ0v) is 16.3. The minimum Gasteiger partial charge on any atom is -0.493 e. The van der Waals surface area contributed by atoms with Crippen LogP contribution in [0.25, 0.3) is 0 Å². The van der Waals surface area contributed by atoms with Gasteiger partial charge in [-0.1, -0.05) is 25.5 Å². The summed E-state index contributed by atoms with van der Waals surface area (Å²) in [7, 11) is -3.00. The molecule has 1 atom stereocenters. The molecule has 25 heavy (non-hydrogen) atoms. The van der Waals surface area contributed by atoms with Gasteiger partial charge in [0.1, 0.15) is 5.75 Å². The predicted molar refractivity (Wildman–Crippen MR) is 99.7 cm³/mol. The molecule has 1 heterocycles. The molecule has 1 amide bonds. The van der Waals surface area contributed by atoms with Crippen molar-refractivity contribution in [3.8, 4) is 5.75 Å². The Hall–Kier alpha value is -1.56. The summed E-state index contributed by atoms with van der Waals surface area (Å²) < 4.78 is 29.3. The maximum atomic E-state index is 12.6. The fourth-order valence-electron chi connectivity index (χ4n) is 3.12. The van der Waals surface area contributed by atoms with Crippen LogP contribution < -0.4 is 4.74 Å². The maximum Gasteiger partial charge on any atom is 0.226 e. The summed E-state index contributed by atoms with van der Waals surface area (Å²) in [5.74, 6) is 1.07. The van der Waals surface area contributed by atoms with Crippen molar-refractivity contribution in [1.29, 1.82) is 0 Å². The van der Waals surface area contributed by atoms with Crippen molar-refractivity contribution >= 4 is 15.7 Å². The molecule has 1 fully saturated rings. The first-order valence-electron chi connectivity index (χ1n) is 9.02. The van der Waals surface area contributed by atoms with Crippen LogP contribution in [0.5, 0.6) is 5.75 Å². The van der Waals surface area contributed by atoms with Crippen LogP contribution >= 0.6 is 0 Å². The molecular formula is C19H29NO4S. The van der Waals surface area contributed by atoms with Crippen molar-refractivity contribution in [2.45, 2.75) is 52.5 Å². The van der Waals surface area contributed by atoms with E-state index in [1.165, 1.54) is 0 Å². The number of unbranched alkanes of at least 4 members (excludes halogenated alkanes) is 1. The molecule has 1 saturated heterocycles. The molecular weight excluding hydrogens is 338 g/mol. The topological polar surface area (TPSA) is 63.7 Å². The summed E-state index contributed by atoms with van der Waals surface area (Å²) in [6.45, 7) is 6.99. The first-order chi connectivity index (χ1) is 11.8. The van der Waals surface area contributed by atoms with E-state index in [1.54, 1.807) is 4.90 Å². The largest absolute Gasteiger partial charge is 0.493 e. The molecule has 5 nitrogen and oxygen atoms in total. The van der Waals surface area contributed by atoms with Crippen molar-refractivity contribution in [3.63, 3.8) is 0 Å². The van der Waals surface area contributed by atoms with Crippen molar-refractivity contribution in [2.24, 2.45) is 0 Å². The van der Waals surface area contributed by atoms with E-state index in [1.807, 2.05) is 32.0 Å². The number of aryl methyl sites for hydroxylation is 2. The van der Waals surface area contributed by atoms with Crippen LogP contribution in [0.3, 0.4) is 0 Å². The lowest BCUT2D eigenvalue weighted by molar-refractivity contribution is -0.133. The van der Waals surface area contributed by atoms with Gasteiger partial charge in [-0.2, -0.15) is 0 Å². The number of hydrogen-bond donors (Lipinski definition) is 0. The van der Waals surface area contributed by atoms with Crippen LogP contribution in [-0.4, -0.2) is 49.9 Å². The number of hydrogen-bond acceptors (Lipinski definition) is 4. The van der Waals surface area contributed by atoms with Crippen LogP contribution in [-0.2, 0) is 14.6 Å². The third-order valence-electron chi connectivity index (χ3n) is 4.64. The summed E-state index contributed by atoms with van der Waals surface area (Å²) in [4.78, 5) is 14.4. The van der Waals surface area contributed by atoms with E-state index < -0.39 is 9.84 Å². The van der Waals surface area contributed by atoms with Crippen LogP contribution in [0.2, 0.25) is 0 Å². The molecule has 0 aromatic heterocycles. The molecule has 0 aliphatic carbocycles. The van der Waals surface area contributed by atoms with Gasteiger partial charge in [-0.3, -0.25) is 4.79 Å². The number of nitrogens with zero attached hydrogens (tertiary/aromatic N) is 1. The van der Waals surface area contributed by atoms with Crippen molar-refractivity contribution in [1.82, 2.24) is 4.90 Å². The number of sulfone groups is 1. The lowest BCUT2D eigenvalue weighted by Gasteiger charge is -2.28. The summed E-state index contributed by atoms with van der Waals surface area (Å²) in [5.41, 5.74) is 2.16. The third kappa shape index (κ3) is 5.73. The van der Waals surface area contributed by atoms with Crippen LogP contribution in [0, 0.1) is 13.8 Å². The van der Waals surface area contributed by atoms with Gasteiger partial charge < -0.3 is 9.64 Å². The van der Waals surface area contributed by atoms with Gasteiger partial charge in [0.05, 0.1) is 24.5 Å². The molecule has 0 saturated carbocycles. The van der Waals surface area contributed by atoms with E-state index in [0.717, 1.165) is 29.7 Å². The van der Waals surface area contributed by atoms with Gasteiger partial charge in [0, 0.05) is 12.6 Å². The zero-order chi connectivity index (χ0) is 18.4. The van der Waals surface area contributed by atoms with Gasteiger partial charge in [-0.15, -0.1) is 0 Å². The second-order valence-corrected chi connectivity index (χ2v) is 9.09. The standard InChI is InChI=1S/C19H29NO4S/c1-4-5-10-20(17-9-12-25(22,23)14-17)19(21)8-11-24-18-13-15(2)6-7-16(18)3/h6-7,13,17H,4-5,8-12,14H2,1-3H3. The van der Waals surface area contributed by atoms with Crippen LogP contribution in [0.1, 0.15) is 43.7 Å². The molecule has 0 N–H and O–H groups in total. The van der Waals surface area contributed by atoms with E-state index in [-0.39, 0.29) is 29.9 Å².